The van der Waals surface area contributed by atoms with Gasteiger partial charge in [-0.15, -0.1) is 0 Å². The van der Waals surface area contributed by atoms with Crippen molar-refractivity contribution in [3.8, 4) is 17.4 Å². The minimum absolute atomic E-state index is 0.0100. The van der Waals surface area contributed by atoms with Gasteiger partial charge >= 0.3 is 6.18 Å². The Balaban J connectivity index is 1.87. The quantitative estimate of drug-likeness (QED) is 0.237. The lowest BCUT2D eigenvalue weighted by Crippen LogP contribution is -2.28. The summed E-state index contributed by atoms with van der Waals surface area (Å²) in [7, 11) is -2.72. The van der Waals surface area contributed by atoms with Crippen LogP contribution in [-0.2, 0) is 25.7 Å². The third-order valence-corrected chi connectivity index (χ3v) is 6.49. The number of nitrogens with one attached hydrogen (secondary N) is 1. The Kier molecular flexibility index (Phi) is 9.60. The van der Waals surface area contributed by atoms with Gasteiger partial charge in [0.1, 0.15) is 23.1 Å². The van der Waals surface area contributed by atoms with Crippen molar-refractivity contribution in [2.45, 2.75) is 11.1 Å². The molecule has 1 heterocycles. The van der Waals surface area contributed by atoms with Gasteiger partial charge in [0.2, 0.25) is 5.88 Å². The molecular weight excluding hydrogens is 572 g/mol. The molecule has 3 aromatic rings. The van der Waals surface area contributed by atoms with Crippen LogP contribution in [0.3, 0.4) is 0 Å². The Morgan fingerprint density at radius 3 is 2.53 bits per heavy atom. The molecule has 0 aliphatic heterocycles. The fourth-order valence-electron chi connectivity index (χ4n) is 2.86. The molecule has 0 spiro atoms. The Morgan fingerprint density at radius 1 is 1.11 bits per heavy atom. The summed E-state index contributed by atoms with van der Waals surface area (Å²) in [6.07, 6.45) is -1.94. The van der Waals surface area contributed by atoms with E-state index in [-0.39, 0.29) is 40.3 Å². The molecule has 0 fully saturated rings. The van der Waals surface area contributed by atoms with Crippen LogP contribution in [0.25, 0.3) is 6.08 Å². The van der Waals surface area contributed by atoms with Gasteiger partial charge in [0, 0.05) is 36.0 Å². The van der Waals surface area contributed by atoms with Crippen molar-refractivity contribution in [2.75, 3.05) is 20.3 Å². The molecule has 1 amide bonds. The summed E-state index contributed by atoms with van der Waals surface area (Å²) >= 11 is 11.8. The van der Waals surface area contributed by atoms with E-state index in [1.165, 1.54) is 55.7 Å². The SMILES string of the molecule is COCCOc1ccc(/C=C/C(=O)NS(=O)(=O)c2cccc(Cl)c2)c(Oc2ncc(C(F)(F)F)cc2Cl)c1. The zero-order chi connectivity index (χ0) is 27.9. The van der Waals surface area contributed by atoms with Crippen molar-refractivity contribution in [3.05, 3.63) is 82.0 Å². The summed E-state index contributed by atoms with van der Waals surface area (Å²) < 4.78 is 81.7. The highest BCUT2D eigenvalue weighted by atomic mass is 35.5. The number of benzene rings is 2. The molecule has 0 saturated heterocycles. The first-order chi connectivity index (χ1) is 17.9. The number of carbonyl (C=O) groups is 1. The molecule has 8 nitrogen and oxygen atoms in total. The summed E-state index contributed by atoms with van der Waals surface area (Å²) in [6.45, 7) is 0.472. The molecular formula is C24H19Cl2F3N2O6S. The summed E-state index contributed by atoms with van der Waals surface area (Å²) in [5, 5.41) is -0.244. The fraction of sp³-hybridized carbons (Fsp3) is 0.167. The van der Waals surface area contributed by atoms with Crippen molar-refractivity contribution < 1.29 is 40.6 Å². The summed E-state index contributed by atoms with van der Waals surface area (Å²) in [4.78, 5) is 15.8. The van der Waals surface area contributed by atoms with Crippen molar-refractivity contribution in [1.82, 2.24) is 9.71 Å². The van der Waals surface area contributed by atoms with Crippen LogP contribution >= 0.6 is 23.2 Å². The van der Waals surface area contributed by atoms with Crippen LogP contribution in [0.4, 0.5) is 13.2 Å². The monoisotopic (exact) mass is 590 g/mol. The van der Waals surface area contributed by atoms with Gasteiger partial charge in [0.25, 0.3) is 15.9 Å². The molecule has 0 saturated carbocycles. The third kappa shape index (κ3) is 8.09. The van der Waals surface area contributed by atoms with Gasteiger partial charge in [-0.2, -0.15) is 13.2 Å². The number of halogens is 5. The van der Waals surface area contributed by atoms with E-state index in [1.807, 2.05) is 4.72 Å². The molecule has 0 unspecified atom stereocenters. The van der Waals surface area contributed by atoms with E-state index in [0.29, 0.717) is 18.0 Å². The normalized spacial score (nSPS) is 11.9. The maximum atomic E-state index is 13.0. The largest absolute Gasteiger partial charge is 0.491 e. The smallest absolute Gasteiger partial charge is 0.417 e. The summed E-state index contributed by atoms with van der Waals surface area (Å²) in [6, 6.07) is 10.4. The molecule has 0 aliphatic rings. The number of nitrogens with zero attached hydrogens (tertiary/aromatic N) is 1. The average molecular weight is 591 g/mol. The Morgan fingerprint density at radius 2 is 1.87 bits per heavy atom. The van der Waals surface area contributed by atoms with E-state index in [9.17, 15) is 26.4 Å². The molecule has 38 heavy (non-hydrogen) atoms. The molecule has 0 radical (unpaired) electrons. The second-order valence-corrected chi connectivity index (χ2v) is 9.94. The van der Waals surface area contributed by atoms with Crippen LogP contribution in [0, 0.1) is 0 Å². The number of amides is 1. The van der Waals surface area contributed by atoms with Crippen molar-refractivity contribution in [3.63, 3.8) is 0 Å². The Bertz CT molecular complexity index is 1450. The van der Waals surface area contributed by atoms with Crippen molar-refractivity contribution >= 4 is 45.2 Å². The third-order valence-electron chi connectivity index (χ3n) is 4.64. The van der Waals surface area contributed by atoms with Crippen LogP contribution in [0.2, 0.25) is 10.0 Å². The summed E-state index contributed by atoms with van der Waals surface area (Å²) in [5.74, 6) is -1.00. The lowest BCUT2D eigenvalue weighted by Gasteiger charge is -2.13. The molecule has 2 aromatic carbocycles. The van der Waals surface area contributed by atoms with Gasteiger partial charge in [0.15, 0.2) is 0 Å². The van der Waals surface area contributed by atoms with E-state index < -0.39 is 32.7 Å². The Labute approximate surface area is 226 Å². The van der Waals surface area contributed by atoms with E-state index in [1.54, 1.807) is 0 Å². The highest BCUT2D eigenvalue weighted by Crippen LogP contribution is 2.36. The number of ether oxygens (including phenoxy) is 3. The lowest BCUT2D eigenvalue weighted by atomic mass is 10.1. The molecule has 0 bridgehead atoms. The highest BCUT2D eigenvalue weighted by molar-refractivity contribution is 7.90. The van der Waals surface area contributed by atoms with Crippen molar-refractivity contribution in [2.24, 2.45) is 0 Å². The number of aromatic nitrogens is 1. The first kappa shape index (κ1) is 29.2. The molecule has 202 valence electrons. The number of hydrogen-bond donors (Lipinski definition) is 1. The zero-order valence-corrected chi connectivity index (χ0v) is 21.8. The predicted octanol–water partition coefficient (Wildman–Crippen LogP) is 5.74. The highest BCUT2D eigenvalue weighted by Gasteiger charge is 2.32. The summed E-state index contributed by atoms with van der Waals surface area (Å²) in [5.41, 5.74) is -0.832. The Hall–Kier alpha value is -3.32. The topological polar surface area (TPSA) is 104 Å². The molecule has 0 aliphatic carbocycles. The number of carbonyl (C=O) groups excluding carboxylic acids is 1. The van der Waals surface area contributed by atoms with Crippen LogP contribution < -0.4 is 14.2 Å². The number of sulfonamides is 1. The fourth-order valence-corrected chi connectivity index (χ4v) is 4.31. The van der Waals surface area contributed by atoms with Gasteiger partial charge in [-0.1, -0.05) is 29.3 Å². The minimum Gasteiger partial charge on any atom is -0.491 e. The maximum absolute atomic E-state index is 13.0. The number of pyridine rings is 1. The molecule has 1 N–H and O–H groups in total. The van der Waals surface area contributed by atoms with E-state index in [2.05, 4.69) is 4.98 Å². The van der Waals surface area contributed by atoms with E-state index in [0.717, 1.165) is 6.08 Å². The van der Waals surface area contributed by atoms with Crippen LogP contribution in [-0.4, -0.2) is 39.6 Å². The van der Waals surface area contributed by atoms with Crippen LogP contribution in [0.5, 0.6) is 17.4 Å². The van der Waals surface area contributed by atoms with Gasteiger partial charge in [-0.25, -0.2) is 18.1 Å². The zero-order valence-electron chi connectivity index (χ0n) is 19.5. The first-order valence-corrected chi connectivity index (χ1v) is 12.8. The average Bonchev–Trinajstić information content (AvgIpc) is 2.84. The van der Waals surface area contributed by atoms with Crippen molar-refractivity contribution in [1.29, 1.82) is 0 Å². The van der Waals surface area contributed by atoms with Crippen LogP contribution in [0.15, 0.2) is 65.7 Å². The van der Waals surface area contributed by atoms with E-state index >= 15 is 0 Å². The lowest BCUT2D eigenvalue weighted by molar-refractivity contribution is -0.137. The van der Waals surface area contributed by atoms with Gasteiger partial charge < -0.3 is 14.2 Å². The minimum atomic E-state index is -4.66. The first-order valence-electron chi connectivity index (χ1n) is 10.6. The van der Waals surface area contributed by atoms with Crippen LogP contribution in [0.1, 0.15) is 11.1 Å². The molecule has 1 aromatic heterocycles. The number of alkyl halides is 3. The molecule has 3 rings (SSSR count). The molecule has 14 heteroatoms. The molecule has 0 atom stereocenters. The second kappa shape index (κ2) is 12.5. The number of methoxy groups -OCH3 is 1. The maximum Gasteiger partial charge on any atom is 0.417 e. The number of hydrogen-bond acceptors (Lipinski definition) is 7. The predicted molar refractivity (Wildman–Crippen MR) is 134 cm³/mol. The number of rotatable bonds is 10. The van der Waals surface area contributed by atoms with E-state index in [4.69, 9.17) is 37.4 Å². The van der Waals surface area contributed by atoms with Gasteiger partial charge in [-0.3, -0.25) is 4.79 Å². The second-order valence-electron chi connectivity index (χ2n) is 7.41. The van der Waals surface area contributed by atoms with Gasteiger partial charge in [-0.05, 0) is 42.5 Å². The van der Waals surface area contributed by atoms with Gasteiger partial charge in [0.05, 0.1) is 17.1 Å². The standard InChI is InChI=1S/C24H19Cl2F3N2O6S/c1-35-9-10-36-18-7-5-15(6-8-22(32)31-38(33,34)19-4-2-3-17(25)12-19)21(13-18)37-23-20(26)11-16(14-30-23)24(27,28)29/h2-8,11-14H,9-10H2,1H3,(H,31,32)/b8-6+.